The van der Waals surface area contributed by atoms with E-state index in [1.165, 1.54) is 0 Å². The Labute approximate surface area is 84.1 Å². The van der Waals surface area contributed by atoms with Gasteiger partial charge in [-0.05, 0) is 19.3 Å². The molecule has 1 aromatic heterocycles. The molecule has 0 N–H and O–H groups in total. The Balaban J connectivity index is 2.22. The van der Waals surface area contributed by atoms with Crippen LogP contribution in [-0.2, 0) is 11.3 Å². The zero-order valence-electron chi connectivity index (χ0n) is 8.57. The summed E-state index contributed by atoms with van der Waals surface area (Å²) in [6, 6.07) is 0. The molecule has 0 saturated heterocycles. The second-order valence-corrected chi connectivity index (χ2v) is 3.89. The van der Waals surface area contributed by atoms with Crippen molar-refractivity contribution >= 4 is 5.78 Å². The molecule has 0 aromatic carbocycles. The lowest BCUT2D eigenvalue weighted by Crippen LogP contribution is -2.12. The van der Waals surface area contributed by atoms with Gasteiger partial charge in [0.25, 0.3) is 0 Å². The van der Waals surface area contributed by atoms with Crippen molar-refractivity contribution < 1.29 is 4.79 Å². The number of aromatic nitrogens is 2. The van der Waals surface area contributed by atoms with Gasteiger partial charge in [0.1, 0.15) is 11.6 Å². The highest BCUT2D eigenvalue weighted by Crippen LogP contribution is 2.30. The van der Waals surface area contributed by atoms with E-state index in [0.29, 0.717) is 5.78 Å². The molecule has 1 fully saturated rings. The zero-order valence-corrected chi connectivity index (χ0v) is 8.57. The Morgan fingerprint density at radius 1 is 1.64 bits per heavy atom. The maximum Gasteiger partial charge on any atom is 0.143 e. The lowest BCUT2D eigenvalue weighted by Gasteiger charge is -2.10. The summed E-state index contributed by atoms with van der Waals surface area (Å²) in [6.07, 6.45) is 7.62. The van der Waals surface area contributed by atoms with Gasteiger partial charge in [-0.15, -0.1) is 0 Å². The first kappa shape index (κ1) is 9.44. The van der Waals surface area contributed by atoms with E-state index >= 15 is 0 Å². The van der Waals surface area contributed by atoms with Gasteiger partial charge in [0.15, 0.2) is 0 Å². The van der Waals surface area contributed by atoms with Gasteiger partial charge in [0.2, 0.25) is 0 Å². The van der Waals surface area contributed by atoms with Gasteiger partial charge in [0, 0.05) is 25.4 Å². The molecule has 76 valence electrons. The summed E-state index contributed by atoms with van der Waals surface area (Å²) < 4.78 is 2.12. The van der Waals surface area contributed by atoms with Gasteiger partial charge in [-0.3, -0.25) is 4.79 Å². The Hall–Kier alpha value is -1.12. The van der Waals surface area contributed by atoms with Crippen LogP contribution in [0, 0.1) is 0 Å². The first-order valence-corrected chi connectivity index (χ1v) is 5.36. The number of carbonyl (C=O) groups is 1. The normalized spacial score (nSPS) is 21.8. The van der Waals surface area contributed by atoms with E-state index in [-0.39, 0.29) is 5.92 Å². The summed E-state index contributed by atoms with van der Waals surface area (Å²) in [4.78, 5) is 15.9. The topological polar surface area (TPSA) is 34.9 Å². The molecule has 14 heavy (non-hydrogen) atoms. The standard InChI is InChI=1S/C11H16N2O/c1-2-7-13-8-6-12-11(13)9-4-3-5-10(9)14/h6,8-9H,2-5,7H2,1H3. The lowest BCUT2D eigenvalue weighted by atomic mass is 10.1. The van der Waals surface area contributed by atoms with Crippen molar-refractivity contribution in [3.05, 3.63) is 18.2 Å². The van der Waals surface area contributed by atoms with Crippen LogP contribution in [0.5, 0.6) is 0 Å². The zero-order chi connectivity index (χ0) is 9.97. The van der Waals surface area contributed by atoms with E-state index in [2.05, 4.69) is 16.5 Å². The molecule has 1 aliphatic rings. The molecular weight excluding hydrogens is 176 g/mol. The first-order valence-electron chi connectivity index (χ1n) is 5.36. The molecule has 3 nitrogen and oxygen atoms in total. The molecule has 1 unspecified atom stereocenters. The minimum atomic E-state index is 0.0801. The number of Topliss-reactive ketones (excluding diaryl/α,β-unsaturated/α-hetero) is 1. The summed E-state index contributed by atoms with van der Waals surface area (Å²) in [5, 5.41) is 0. The average Bonchev–Trinajstić information content (AvgIpc) is 2.74. The minimum absolute atomic E-state index is 0.0801. The minimum Gasteiger partial charge on any atom is -0.334 e. The molecule has 0 aliphatic heterocycles. The molecule has 1 heterocycles. The van der Waals surface area contributed by atoms with Crippen LogP contribution < -0.4 is 0 Å². The number of imidazole rings is 1. The summed E-state index contributed by atoms with van der Waals surface area (Å²) in [6.45, 7) is 3.11. The quantitative estimate of drug-likeness (QED) is 0.735. The van der Waals surface area contributed by atoms with Gasteiger partial charge in [0.05, 0.1) is 5.92 Å². The molecule has 1 aliphatic carbocycles. The maximum absolute atomic E-state index is 11.6. The molecule has 2 rings (SSSR count). The third-order valence-corrected chi connectivity index (χ3v) is 2.83. The predicted molar refractivity (Wildman–Crippen MR) is 54.1 cm³/mol. The van der Waals surface area contributed by atoms with Crippen LogP contribution in [0.4, 0.5) is 0 Å². The monoisotopic (exact) mass is 192 g/mol. The number of carbonyl (C=O) groups excluding carboxylic acids is 1. The first-order chi connectivity index (χ1) is 6.83. The van der Waals surface area contributed by atoms with Crippen LogP contribution in [0.3, 0.4) is 0 Å². The predicted octanol–water partition coefficient (Wildman–Crippen LogP) is 2.13. The van der Waals surface area contributed by atoms with Crippen molar-refractivity contribution in [1.82, 2.24) is 9.55 Å². The maximum atomic E-state index is 11.6. The highest BCUT2D eigenvalue weighted by Gasteiger charge is 2.29. The van der Waals surface area contributed by atoms with Gasteiger partial charge in [-0.2, -0.15) is 0 Å². The Morgan fingerprint density at radius 3 is 3.14 bits per heavy atom. The average molecular weight is 192 g/mol. The summed E-state index contributed by atoms with van der Waals surface area (Å²) in [5.74, 6) is 1.43. The van der Waals surface area contributed by atoms with E-state index in [4.69, 9.17) is 0 Å². The molecule has 1 aromatic rings. The number of hydrogen-bond donors (Lipinski definition) is 0. The van der Waals surface area contributed by atoms with Crippen molar-refractivity contribution in [2.45, 2.75) is 45.1 Å². The van der Waals surface area contributed by atoms with E-state index in [1.54, 1.807) is 6.20 Å². The third-order valence-electron chi connectivity index (χ3n) is 2.83. The van der Waals surface area contributed by atoms with Gasteiger partial charge in [-0.1, -0.05) is 6.92 Å². The van der Waals surface area contributed by atoms with Crippen molar-refractivity contribution in [2.75, 3.05) is 0 Å². The molecule has 0 bridgehead atoms. The van der Waals surface area contributed by atoms with Crippen molar-refractivity contribution in [2.24, 2.45) is 0 Å². The molecular formula is C11H16N2O. The number of hydrogen-bond acceptors (Lipinski definition) is 2. The fourth-order valence-electron chi connectivity index (χ4n) is 2.15. The molecule has 0 spiro atoms. The van der Waals surface area contributed by atoms with Crippen LogP contribution in [-0.4, -0.2) is 15.3 Å². The van der Waals surface area contributed by atoms with Crippen molar-refractivity contribution in [1.29, 1.82) is 0 Å². The van der Waals surface area contributed by atoms with E-state index in [1.807, 2.05) is 6.20 Å². The summed E-state index contributed by atoms with van der Waals surface area (Å²) in [7, 11) is 0. The van der Waals surface area contributed by atoms with E-state index < -0.39 is 0 Å². The van der Waals surface area contributed by atoms with Crippen molar-refractivity contribution in [3.63, 3.8) is 0 Å². The van der Waals surface area contributed by atoms with E-state index in [0.717, 1.165) is 38.1 Å². The van der Waals surface area contributed by atoms with Crippen molar-refractivity contribution in [3.8, 4) is 0 Å². The number of nitrogens with zero attached hydrogens (tertiary/aromatic N) is 2. The van der Waals surface area contributed by atoms with Crippen LogP contribution in [0.15, 0.2) is 12.4 Å². The van der Waals surface area contributed by atoms with Gasteiger partial charge < -0.3 is 4.57 Å². The van der Waals surface area contributed by atoms with Crippen LogP contribution >= 0.6 is 0 Å². The second-order valence-electron chi connectivity index (χ2n) is 3.89. The highest BCUT2D eigenvalue weighted by molar-refractivity contribution is 5.86. The van der Waals surface area contributed by atoms with Crippen LogP contribution in [0.2, 0.25) is 0 Å². The van der Waals surface area contributed by atoms with Crippen LogP contribution in [0.1, 0.15) is 44.3 Å². The summed E-state index contributed by atoms with van der Waals surface area (Å²) in [5.41, 5.74) is 0. The fourth-order valence-corrected chi connectivity index (χ4v) is 2.15. The molecule has 1 saturated carbocycles. The Kier molecular flexibility index (Phi) is 2.66. The SMILES string of the molecule is CCCn1ccnc1C1CCCC1=O. The molecule has 0 radical (unpaired) electrons. The fraction of sp³-hybridized carbons (Fsp3) is 0.636. The number of ketones is 1. The smallest absolute Gasteiger partial charge is 0.143 e. The summed E-state index contributed by atoms with van der Waals surface area (Å²) >= 11 is 0. The third kappa shape index (κ3) is 1.59. The number of aryl methyl sites for hydroxylation is 1. The molecule has 0 amide bonds. The highest BCUT2D eigenvalue weighted by atomic mass is 16.1. The molecule has 1 atom stereocenters. The largest absolute Gasteiger partial charge is 0.334 e. The Bertz CT molecular complexity index is 330. The van der Waals surface area contributed by atoms with E-state index in [9.17, 15) is 4.79 Å². The molecule has 3 heteroatoms. The van der Waals surface area contributed by atoms with Gasteiger partial charge in [-0.25, -0.2) is 4.98 Å². The lowest BCUT2D eigenvalue weighted by molar-refractivity contribution is -0.118. The second kappa shape index (κ2) is 3.95. The van der Waals surface area contributed by atoms with Gasteiger partial charge >= 0.3 is 0 Å². The number of rotatable bonds is 3. The Morgan fingerprint density at radius 2 is 2.50 bits per heavy atom. The van der Waals surface area contributed by atoms with Crippen LogP contribution in [0.25, 0.3) is 0 Å².